The van der Waals surface area contributed by atoms with Crippen molar-refractivity contribution in [2.45, 2.75) is 6.61 Å². The third-order valence-electron chi connectivity index (χ3n) is 5.32. The molecule has 0 aliphatic carbocycles. The summed E-state index contributed by atoms with van der Waals surface area (Å²) in [5, 5.41) is 14.8. The first kappa shape index (κ1) is 22.0. The van der Waals surface area contributed by atoms with Gasteiger partial charge in [-0.15, -0.1) is 0 Å². The van der Waals surface area contributed by atoms with E-state index in [4.69, 9.17) is 14.2 Å². The van der Waals surface area contributed by atoms with Crippen LogP contribution in [-0.2, 0) is 6.61 Å². The van der Waals surface area contributed by atoms with Gasteiger partial charge in [0.05, 0.1) is 19.7 Å². The standard InChI is InChI=1S/C26H24N6O3/c1-33-22-11-8-18(14-23(22)34-2)28-26-27-13-12-24(30-26)29-25-20-10-9-19(15-21(20)31-32-25)35-16-17-6-4-3-5-7-17/h3-15H,16H2,1-2H3,(H3,27,28,29,30,31,32). The van der Waals surface area contributed by atoms with Crippen LogP contribution >= 0.6 is 0 Å². The molecule has 5 rings (SSSR count). The van der Waals surface area contributed by atoms with Crippen molar-refractivity contribution in [2.75, 3.05) is 24.9 Å². The highest BCUT2D eigenvalue weighted by Gasteiger charge is 2.10. The Morgan fingerprint density at radius 3 is 2.54 bits per heavy atom. The highest BCUT2D eigenvalue weighted by Crippen LogP contribution is 2.31. The molecule has 0 aliphatic rings. The summed E-state index contributed by atoms with van der Waals surface area (Å²) in [7, 11) is 3.19. The molecular formula is C26H24N6O3. The van der Waals surface area contributed by atoms with E-state index in [1.54, 1.807) is 26.5 Å². The molecule has 0 radical (unpaired) electrons. The van der Waals surface area contributed by atoms with Crippen LogP contribution in [0.25, 0.3) is 10.9 Å². The molecule has 9 heteroatoms. The Hall–Kier alpha value is -4.79. The minimum absolute atomic E-state index is 0.429. The van der Waals surface area contributed by atoms with E-state index in [-0.39, 0.29) is 0 Å². The van der Waals surface area contributed by atoms with Gasteiger partial charge in [0.15, 0.2) is 17.3 Å². The number of aromatic amines is 1. The van der Waals surface area contributed by atoms with Crippen molar-refractivity contribution in [3.05, 3.63) is 84.6 Å². The molecule has 0 saturated carbocycles. The van der Waals surface area contributed by atoms with Crippen molar-refractivity contribution in [1.29, 1.82) is 0 Å². The highest BCUT2D eigenvalue weighted by molar-refractivity contribution is 5.92. The Bertz CT molecular complexity index is 1440. The Kier molecular flexibility index (Phi) is 6.29. The first-order valence-electron chi connectivity index (χ1n) is 11.0. The molecule has 0 unspecified atom stereocenters. The molecule has 0 spiro atoms. The van der Waals surface area contributed by atoms with Gasteiger partial charge in [-0.25, -0.2) is 4.98 Å². The number of benzene rings is 3. The van der Waals surface area contributed by atoms with E-state index in [0.717, 1.165) is 27.9 Å². The fourth-order valence-electron chi connectivity index (χ4n) is 3.58. The lowest BCUT2D eigenvalue weighted by Gasteiger charge is -2.11. The van der Waals surface area contributed by atoms with Crippen LogP contribution in [0.2, 0.25) is 0 Å². The molecule has 3 N–H and O–H groups in total. The number of fused-ring (bicyclic) bond motifs is 1. The van der Waals surface area contributed by atoms with Crippen molar-refractivity contribution in [2.24, 2.45) is 0 Å². The van der Waals surface area contributed by atoms with Crippen LogP contribution in [0.15, 0.2) is 79.0 Å². The number of ether oxygens (including phenoxy) is 3. The maximum atomic E-state index is 5.92. The van der Waals surface area contributed by atoms with E-state index < -0.39 is 0 Å². The smallest absolute Gasteiger partial charge is 0.229 e. The molecule has 3 aromatic carbocycles. The van der Waals surface area contributed by atoms with E-state index in [1.165, 1.54) is 0 Å². The molecule has 5 aromatic rings. The average molecular weight is 469 g/mol. The normalized spacial score (nSPS) is 10.7. The summed E-state index contributed by atoms with van der Waals surface area (Å²) >= 11 is 0. The van der Waals surface area contributed by atoms with Gasteiger partial charge < -0.3 is 24.8 Å². The van der Waals surface area contributed by atoms with Gasteiger partial charge >= 0.3 is 0 Å². The molecule has 0 amide bonds. The first-order valence-corrected chi connectivity index (χ1v) is 11.0. The monoisotopic (exact) mass is 468 g/mol. The van der Waals surface area contributed by atoms with E-state index in [9.17, 15) is 0 Å². The Morgan fingerprint density at radius 2 is 1.71 bits per heavy atom. The SMILES string of the molecule is COc1ccc(Nc2nccc(Nc3n[nH]c4cc(OCc5ccccc5)ccc34)n2)cc1OC. The van der Waals surface area contributed by atoms with Gasteiger partial charge in [-0.2, -0.15) is 10.1 Å². The number of aromatic nitrogens is 4. The summed E-state index contributed by atoms with van der Waals surface area (Å²) in [5.41, 5.74) is 2.74. The summed E-state index contributed by atoms with van der Waals surface area (Å²) in [5.74, 6) is 3.71. The van der Waals surface area contributed by atoms with Gasteiger partial charge in [0.2, 0.25) is 5.95 Å². The predicted octanol–water partition coefficient (Wildman–Crippen LogP) is 5.44. The molecule has 176 valence electrons. The molecular weight excluding hydrogens is 444 g/mol. The van der Waals surface area contributed by atoms with E-state index in [2.05, 4.69) is 30.8 Å². The molecule has 0 atom stereocenters. The van der Waals surface area contributed by atoms with Crippen LogP contribution in [-0.4, -0.2) is 34.4 Å². The van der Waals surface area contributed by atoms with Crippen molar-refractivity contribution in [1.82, 2.24) is 20.2 Å². The van der Waals surface area contributed by atoms with Crippen molar-refractivity contribution in [3.8, 4) is 17.2 Å². The van der Waals surface area contributed by atoms with Gasteiger partial charge in [-0.05, 0) is 35.9 Å². The second-order valence-electron chi connectivity index (χ2n) is 7.64. The molecule has 0 saturated heterocycles. The van der Waals surface area contributed by atoms with Crippen LogP contribution in [0, 0.1) is 0 Å². The lowest BCUT2D eigenvalue weighted by Crippen LogP contribution is -2.01. The quantitative estimate of drug-likeness (QED) is 0.263. The molecule has 0 aliphatic heterocycles. The number of nitrogens with zero attached hydrogens (tertiary/aromatic N) is 3. The fraction of sp³-hybridized carbons (Fsp3) is 0.115. The Labute approximate surface area is 202 Å². The fourth-order valence-corrected chi connectivity index (χ4v) is 3.58. The largest absolute Gasteiger partial charge is 0.493 e. The summed E-state index contributed by atoms with van der Waals surface area (Å²) < 4.78 is 16.6. The first-order chi connectivity index (χ1) is 17.2. The van der Waals surface area contributed by atoms with Crippen LogP contribution < -0.4 is 24.8 Å². The van der Waals surface area contributed by atoms with E-state index in [1.807, 2.05) is 66.7 Å². The molecule has 35 heavy (non-hydrogen) atoms. The third kappa shape index (κ3) is 5.09. The minimum Gasteiger partial charge on any atom is -0.493 e. The molecule has 2 aromatic heterocycles. The van der Waals surface area contributed by atoms with Crippen molar-refractivity contribution < 1.29 is 14.2 Å². The number of rotatable bonds is 9. The zero-order valence-electron chi connectivity index (χ0n) is 19.3. The van der Waals surface area contributed by atoms with Gasteiger partial charge in [-0.3, -0.25) is 5.10 Å². The molecule has 2 heterocycles. The van der Waals surface area contributed by atoms with Gasteiger partial charge in [0.1, 0.15) is 18.2 Å². The molecule has 9 nitrogen and oxygen atoms in total. The predicted molar refractivity (Wildman–Crippen MR) is 135 cm³/mol. The zero-order chi connectivity index (χ0) is 24.0. The lowest BCUT2D eigenvalue weighted by atomic mass is 10.2. The van der Waals surface area contributed by atoms with Gasteiger partial charge in [-0.1, -0.05) is 30.3 Å². The lowest BCUT2D eigenvalue weighted by molar-refractivity contribution is 0.306. The summed E-state index contributed by atoms with van der Waals surface area (Å²) in [6.45, 7) is 0.502. The second kappa shape index (κ2) is 10.0. The number of hydrogen-bond acceptors (Lipinski definition) is 8. The number of anilines is 4. The van der Waals surface area contributed by atoms with Crippen molar-refractivity contribution in [3.63, 3.8) is 0 Å². The Morgan fingerprint density at radius 1 is 0.857 bits per heavy atom. The number of H-pyrrole nitrogens is 1. The van der Waals surface area contributed by atoms with Crippen LogP contribution in [0.1, 0.15) is 5.56 Å². The van der Waals surface area contributed by atoms with Gasteiger partial charge in [0, 0.05) is 29.4 Å². The van der Waals surface area contributed by atoms with Crippen LogP contribution in [0.4, 0.5) is 23.3 Å². The zero-order valence-corrected chi connectivity index (χ0v) is 19.3. The van der Waals surface area contributed by atoms with Crippen LogP contribution in [0.3, 0.4) is 0 Å². The topological polar surface area (TPSA) is 106 Å². The van der Waals surface area contributed by atoms with E-state index in [0.29, 0.717) is 35.7 Å². The summed E-state index contributed by atoms with van der Waals surface area (Å²) in [4.78, 5) is 8.85. The van der Waals surface area contributed by atoms with Crippen LogP contribution in [0.5, 0.6) is 17.2 Å². The number of nitrogens with one attached hydrogen (secondary N) is 3. The number of methoxy groups -OCH3 is 2. The molecule has 0 bridgehead atoms. The van der Waals surface area contributed by atoms with Crippen molar-refractivity contribution >= 4 is 34.2 Å². The van der Waals surface area contributed by atoms with Gasteiger partial charge in [0.25, 0.3) is 0 Å². The third-order valence-corrected chi connectivity index (χ3v) is 5.32. The highest BCUT2D eigenvalue weighted by atomic mass is 16.5. The summed E-state index contributed by atoms with van der Waals surface area (Å²) in [6, 6.07) is 23.1. The average Bonchev–Trinajstić information content (AvgIpc) is 3.30. The van der Waals surface area contributed by atoms with E-state index >= 15 is 0 Å². The maximum Gasteiger partial charge on any atom is 0.229 e. The second-order valence-corrected chi connectivity index (χ2v) is 7.64. The Balaban J connectivity index is 1.29. The molecule has 0 fully saturated rings. The minimum atomic E-state index is 0.429. The maximum absolute atomic E-state index is 5.92. The summed E-state index contributed by atoms with van der Waals surface area (Å²) in [6.07, 6.45) is 1.67. The number of hydrogen-bond donors (Lipinski definition) is 3.